The number of hydrogen-bond donors (Lipinski definition) is 2. The van der Waals surface area contributed by atoms with Gasteiger partial charge >= 0.3 is 0 Å². The number of benzene rings is 1. The normalized spacial score (nSPS) is 23.9. The fraction of sp³-hybridized carbons (Fsp3) is 0.571. The second kappa shape index (κ2) is 5.67. The highest BCUT2D eigenvalue weighted by molar-refractivity contribution is 5.30. The minimum absolute atomic E-state index is 0.133. The molecular weight excluding hydrogens is 233 g/mol. The molecule has 0 bridgehead atoms. The standard InChI is InChI=1S/C14H20FNO2/c1-18-13-4-3-11(7-12(13)15)8-14(10-17)5-2-6-16-9-14/h3-4,7,16-17H,2,5-6,8-10H2,1H3. The average molecular weight is 253 g/mol. The van der Waals surface area contributed by atoms with Crippen LogP contribution in [0.15, 0.2) is 18.2 Å². The molecule has 1 aromatic carbocycles. The zero-order valence-corrected chi connectivity index (χ0v) is 10.7. The molecule has 3 nitrogen and oxygen atoms in total. The van der Waals surface area contributed by atoms with Crippen molar-refractivity contribution in [3.05, 3.63) is 29.6 Å². The van der Waals surface area contributed by atoms with Crippen molar-refractivity contribution >= 4 is 0 Å². The van der Waals surface area contributed by atoms with Crippen molar-refractivity contribution in [2.45, 2.75) is 19.3 Å². The number of halogens is 1. The molecule has 0 aromatic heterocycles. The second-order valence-electron chi connectivity index (χ2n) is 5.08. The molecule has 1 heterocycles. The highest BCUT2D eigenvalue weighted by atomic mass is 19.1. The van der Waals surface area contributed by atoms with Gasteiger partial charge in [0.25, 0.3) is 0 Å². The summed E-state index contributed by atoms with van der Waals surface area (Å²) in [5, 5.41) is 12.9. The minimum atomic E-state index is -0.341. The predicted molar refractivity (Wildman–Crippen MR) is 68.3 cm³/mol. The summed E-state index contributed by atoms with van der Waals surface area (Å²) in [6.07, 6.45) is 2.72. The average Bonchev–Trinajstić information content (AvgIpc) is 2.40. The lowest BCUT2D eigenvalue weighted by Gasteiger charge is -2.36. The number of methoxy groups -OCH3 is 1. The van der Waals surface area contributed by atoms with Gasteiger partial charge in [-0.25, -0.2) is 4.39 Å². The van der Waals surface area contributed by atoms with Gasteiger partial charge in [-0.05, 0) is 43.5 Å². The largest absolute Gasteiger partial charge is 0.494 e. The van der Waals surface area contributed by atoms with E-state index in [1.807, 2.05) is 6.07 Å². The van der Waals surface area contributed by atoms with Crippen molar-refractivity contribution in [2.24, 2.45) is 5.41 Å². The van der Waals surface area contributed by atoms with Gasteiger partial charge in [-0.2, -0.15) is 0 Å². The van der Waals surface area contributed by atoms with Crippen LogP contribution in [-0.2, 0) is 6.42 Å². The first kappa shape index (κ1) is 13.3. The second-order valence-corrected chi connectivity index (χ2v) is 5.08. The maximum atomic E-state index is 13.6. The molecule has 0 spiro atoms. The highest BCUT2D eigenvalue weighted by Gasteiger charge is 2.31. The van der Waals surface area contributed by atoms with Crippen LogP contribution in [0.3, 0.4) is 0 Å². The Morgan fingerprint density at radius 2 is 2.33 bits per heavy atom. The monoisotopic (exact) mass is 253 g/mol. The number of aliphatic hydroxyl groups is 1. The Bertz CT molecular complexity index is 403. The summed E-state index contributed by atoms with van der Waals surface area (Å²) in [5.41, 5.74) is 0.755. The fourth-order valence-electron chi connectivity index (χ4n) is 2.62. The minimum Gasteiger partial charge on any atom is -0.494 e. The van der Waals surface area contributed by atoms with Crippen LogP contribution < -0.4 is 10.1 Å². The van der Waals surface area contributed by atoms with Gasteiger partial charge in [0.05, 0.1) is 13.7 Å². The maximum Gasteiger partial charge on any atom is 0.165 e. The van der Waals surface area contributed by atoms with E-state index in [0.29, 0.717) is 6.42 Å². The number of hydrogen-bond acceptors (Lipinski definition) is 3. The third-order valence-corrected chi connectivity index (χ3v) is 3.69. The maximum absolute atomic E-state index is 13.6. The van der Waals surface area contributed by atoms with Gasteiger partial charge in [-0.1, -0.05) is 6.07 Å². The van der Waals surface area contributed by atoms with Crippen LogP contribution in [0.2, 0.25) is 0 Å². The lowest BCUT2D eigenvalue weighted by atomic mass is 9.76. The van der Waals surface area contributed by atoms with Gasteiger partial charge in [-0.3, -0.25) is 0 Å². The number of piperidine rings is 1. The molecule has 18 heavy (non-hydrogen) atoms. The van der Waals surface area contributed by atoms with E-state index in [2.05, 4.69) is 5.32 Å². The van der Waals surface area contributed by atoms with E-state index < -0.39 is 0 Å². The van der Waals surface area contributed by atoms with Crippen LogP contribution in [-0.4, -0.2) is 31.9 Å². The van der Waals surface area contributed by atoms with E-state index in [0.717, 1.165) is 31.5 Å². The third kappa shape index (κ3) is 2.82. The van der Waals surface area contributed by atoms with Crippen molar-refractivity contribution < 1.29 is 14.2 Å². The zero-order chi connectivity index (χ0) is 13.0. The van der Waals surface area contributed by atoms with E-state index in [1.54, 1.807) is 6.07 Å². The van der Waals surface area contributed by atoms with Crippen LogP contribution in [0.4, 0.5) is 4.39 Å². The molecule has 0 aliphatic carbocycles. The van der Waals surface area contributed by atoms with Crippen molar-refractivity contribution in [3.8, 4) is 5.75 Å². The first-order valence-electron chi connectivity index (χ1n) is 6.33. The van der Waals surface area contributed by atoms with Gasteiger partial charge in [0.15, 0.2) is 11.6 Å². The van der Waals surface area contributed by atoms with Crippen molar-refractivity contribution in [1.82, 2.24) is 5.32 Å². The molecule has 0 radical (unpaired) electrons. The molecule has 1 atom stereocenters. The number of ether oxygens (including phenoxy) is 1. The summed E-state index contributed by atoms with van der Waals surface area (Å²) in [5.74, 6) is -0.0783. The van der Waals surface area contributed by atoms with Crippen LogP contribution in [0, 0.1) is 11.2 Å². The summed E-state index contributed by atoms with van der Waals surface area (Å²) in [6.45, 7) is 1.92. The molecule has 0 saturated carbocycles. The van der Waals surface area contributed by atoms with E-state index >= 15 is 0 Å². The number of rotatable bonds is 4. The molecule has 1 unspecified atom stereocenters. The Labute approximate surface area is 107 Å². The Hall–Kier alpha value is -1.13. The molecule has 1 fully saturated rings. The highest BCUT2D eigenvalue weighted by Crippen LogP contribution is 2.31. The van der Waals surface area contributed by atoms with Crippen LogP contribution in [0.1, 0.15) is 18.4 Å². The molecule has 1 aliphatic heterocycles. The molecule has 1 saturated heterocycles. The Kier molecular flexibility index (Phi) is 4.19. The van der Waals surface area contributed by atoms with Crippen LogP contribution >= 0.6 is 0 Å². The van der Waals surface area contributed by atoms with E-state index in [-0.39, 0.29) is 23.6 Å². The predicted octanol–water partition coefficient (Wildman–Crippen LogP) is 1.74. The number of nitrogens with one attached hydrogen (secondary N) is 1. The third-order valence-electron chi connectivity index (χ3n) is 3.69. The van der Waals surface area contributed by atoms with Crippen LogP contribution in [0.5, 0.6) is 5.75 Å². The van der Waals surface area contributed by atoms with Crippen molar-refractivity contribution in [2.75, 3.05) is 26.8 Å². The molecular formula is C14H20FNO2. The molecule has 1 aromatic rings. The lowest BCUT2D eigenvalue weighted by Crippen LogP contribution is -2.44. The molecule has 0 amide bonds. The molecule has 100 valence electrons. The SMILES string of the molecule is COc1ccc(CC2(CO)CCCNC2)cc1F. The smallest absolute Gasteiger partial charge is 0.165 e. The Morgan fingerprint density at radius 1 is 1.50 bits per heavy atom. The van der Waals surface area contributed by atoms with Gasteiger partial charge in [0.1, 0.15) is 0 Å². The quantitative estimate of drug-likeness (QED) is 0.859. The summed E-state index contributed by atoms with van der Waals surface area (Å²) < 4.78 is 18.5. The fourth-order valence-corrected chi connectivity index (χ4v) is 2.62. The van der Waals surface area contributed by atoms with Gasteiger partial charge in [0.2, 0.25) is 0 Å². The van der Waals surface area contributed by atoms with Crippen LogP contribution in [0.25, 0.3) is 0 Å². The molecule has 1 aliphatic rings. The van der Waals surface area contributed by atoms with E-state index in [1.165, 1.54) is 13.2 Å². The molecule has 4 heteroatoms. The molecule has 2 rings (SSSR count). The lowest BCUT2D eigenvalue weighted by molar-refractivity contribution is 0.0947. The Morgan fingerprint density at radius 3 is 2.89 bits per heavy atom. The van der Waals surface area contributed by atoms with Gasteiger partial charge in [0, 0.05) is 12.0 Å². The van der Waals surface area contributed by atoms with Gasteiger partial charge in [-0.15, -0.1) is 0 Å². The summed E-state index contributed by atoms with van der Waals surface area (Å²) in [6, 6.07) is 5.02. The number of aliphatic hydroxyl groups excluding tert-OH is 1. The zero-order valence-electron chi connectivity index (χ0n) is 10.7. The van der Waals surface area contributed by atoms with E-state index in [9.17, 15) is 9.50 Å². The Balaban J connectivity index is 2.14. The van der Waals surface area contributed by atoms with Gasteiger partial charge < -0.3 is 15.2 Å². The topological polar surface area (TPSA) is 41.5 Å². The van der Waals surface area contributed by atoms with Crippen molar-refractivity contribution in [3.63, 3.8) is 0 Å². The van der Waals surface area contributed by atoms with E-state index in [4.69, 9.17) is 4.74 Å². The summed E-state index contributed by atoms with van der Waals surface area (Å²) >= 11 is 0. The first-order valence-corrected chi connectivity index (χ1v) is 6.33. The summed E-state index contributed by atoms with van der Waals surface area (Å²) in [7, 11) is 1.46. The molecule has 2 N–H and O–H groups in total. The first-order chi connectivity index (χ1) is 8.69. The van der Waals surface area contributed by atoms with Crippen molar-refractivity contribution in [1.29, 1.82) is 0 Å². The summed E-state index contributed by atoms with van der Waals surface area (Å²) in [4.78, 5) is 0.